The molecular weight excluding hydrogens is 439 g/mol. The Labute approximate surface area is 201 Å². The molecular formula is C27H28Cl2N2O. The Morgan fingerprint density at radius 3 is 2.47 bits per heavy atom. The van der Waals surface area contributed by atoms with Gasteiger partial charge in [0.2, 0.25) is 5.43 Å². The van der Waals surface area contributed by atoms with E-state index >= 15 is 0 Å². The summed E-state index contributed by atoms with van der Waals surface area (Å²) in [6, 6.07) is 19.0. The van der Waals surface area contributed by atoms with Gasteiger partial charge < -0.3 is 4.98 Å². The summed E-state index contributed by atoms with van der Waals surface area (Å²) in [4.78, 5) is 18.3. The molecule has 0 amide bonds. The van der Waals surface area contributed by atoms with Gasteiger partial charge in [0.1, 0.15) is 5.02 Å². The molecule has 1 aromatic heterocycles. The molecule has 32 heavy (non-hydrogen) atoms. The molecule has 1 fully saturated rings. The Balaban J connectivity index is 0.00000289. The van der Waals surface area contributed by atoms with Crippen LogP contribution in [-0.2, 0) is 0 Å². The van der Waals surface area contributed by atoms with Crippen LogP contribution < -0.4 is 5.43 Å². The first-order valence-corrected chi connectivity index (χ1v) is 11.2. The van der Waals surface area contributed by atoms with Crippen LogP contribution in [0.2, 0.25) is 5.02 Å². The number of aromatic nitrogens is 1. The van der Waals surface area contributed by atoms with Crippen LogP contribution in [0.3, 0.4) is 0 Å². The van der Waals surface area contributed by atoms with Gasteiger partial charge in [-0.1, -0.05) is 72.3 Å². The van der Waals surface area contributed by atoms with Crippen molar-refractivity contribution in [2.45, 2.75) is 39.2 Å². The third kappa shape index (κ3) is 5.27. The van der Waals surface area contributed by atoms with Crippen molar-refractivity contribution in [3.63, 3.8) is 0 Å². The predicted octanol–water partition coefficient (Wildman–Crippen LogP) is 6.31. The topological polar surface area (TPSA) is 36.1 Å². The zero-order valence-corrected chi connectivity index (χ0v) is 20.0. The normalized spacial score (nSPS) is 16.0. The van der Waals surface area contributed by atoms with E-state index in [1.54, 1.807) is 0 Å². The molecule has 0 spiro atoms. The molecule has 166 valence electrons. The molecule has 2 aromatic carbocycles. The van der Waals surface area contributed by atoms with Gasteiger partial charge in [-0.3, -0.25) is 9.69 Å². The molecule has 1 saturated heterocycles. The van der Waals surface area contributed by atoms with Crippen LogP contribution in [0.25, 0.3) is 11.1 Å². The quantitative estimate of drug-likeness (QED) is 0.458. The van der Waals surface area contributed by atoms with Crippen molar-refractivity contribution in [3.8, 4) is 23.0 Å². The second-order valence-electron chi connectivity index (χ2n) is 8.16. The van der Waals surface area contributed by atoms with Gasteiger partial charge in [0, 0.05) is 28.6 Å². The number of likely N-dealkylation sites (tertiary alicyclic amines) is 1. The fourth-order valence-electron chi connectivity index (χ4n) is 4.39. The number of aromatic amines is 1. The highest BCUT2D eigenvalue weighted by Gasteiger charge is 2.22. The summed E-state index contributed by atoms with van der Waals surface area (Å²) in [5.41, 5.74) is 5.19. The molecule has 1 aliphatic rings. The first-order valence-electron chi connectivity index (χ1n) is 10.8. The van der Waals surface area contributed by atoms with E-state index in [2.05, 4.69) is 52.1 Å². The van der Waals surface area contributed by atoms with Gasteiger partial charge in [0.15, 0.2) is 0 Å². The minimum absolute atomic E-state index is 0. The largest absolute Gasteiger partial charge is 0.361 e. The van der Waals surface area contributed by atoms with Gasteiger partial charge in [-0.15, -0.1) is 12.4 Å². The van der Waals surface area contributed by atoms with Crippen molar-refractivity contribution in [1.82, 2.24) is 9.88 Å². The van der Waals surface area contributed by atoms with Crippen LogP contribution in [0.5, 0.6) is 0 Å². The van der Waals surface area contributed by atoms with Crippen molar-refractivity contribution in [2.75, 3.05) is 13.1 Å². The van der Waals surface area contributed by atoms with E-state index in [1.165, 1.54) is 24.8 Å². The van der Waals surface area contributed by atoms with Crippen LogP contribution in [0.1, 0.15) is 47.8 Å². The van der Waals surface area contributed by atoms with E-state index in [0.717, 1.165) is 29.9 Å². The summed E-state index contributed by atoms with van der Waals surface area (Å²) in [5, 5.41) is 0.249. The molecule has 0 saturated carbocycles. The molecule has 3 nitrogen and oxygen atoms in total. The number of benzene rings is 2. The maximum atomic E-state index is 12.6. The Kier molecular flexibility index (Phi) is 8.21. The Bertz CT molecular complexity index is 1170. The number of nitrogens with zero attached hydrogens (tertiary/aromatic N) is 1. The predicted molar refractivity (Wildman–Crippen MR) is 136 cm³/mol. The maximum absolute atomic E-state index is 12.6. The fraction of sp³-hybridized carbons (Fsp3) is 0.296. The molecule has 4 rings (SSSR count). The number of hydrogen-bond donors (Lipinski definition) is 1. The lowest BCUT2D eigenvalue weighted by Crippen LogP contribution is -2.33. The van der Waals surface area contributed by atoms with Gasteiger partial charge in [-0.25, -0.2) is 0 Å². The van der Waals surface area contributed by atoms with Crippen molar-refractivity contribution in [1.29, 1.82) is 0 Å². The van der Waals surface area contributed by atoms with Crippen molar-refractivity contribution < 1.29 is 0 Å². The summed E-state index contributed by atoms with van der Waals surface area (Å²) in [7, 11) is 0. The summed E-state index contributed by atoms with van der Waals surface area (Å²) in [5.74, 6) is 6.65. The molecule has 3 aromatic rings. The van der Waals surface area contributed by atoms with E-state index in [1.807, 2.05) is 38.1 Å². The van der Waals surface area contributed by atoms with E-state index in [4.69, 9.17) is 11.6 Å². The van der Waals surface area contributed by atoms with Crippen LogP contribution in [0.4, 0.5) is 0 Å². The lowest BCUT2D eigenvalue weighted by atomic mass is 9.95. The first-order chi connectivity index (χ1) is 15.0. The number of H-pyrrole nitrogens is 1. The summed E-state index contributed by atoms with van der Waals surface area (Å²) >= 11 is 6.16. The van der Waals surface area contributed by atoms with Gasteiger partial charge in [0.05, 0.1) is 6.54 Å². The fourth-order valence-corrected chi connectivity index (χ4v) is 4.53. The van der Waals surface area contributed by atoms with Gasteiger partial charge in [-0.05, 0) is 56.5 Å². The number of pyridine rings is 1. The number of halogens is 2. The SMILES string of the molecule is Cc1[nH]c(C)c(-c2ccc(C#CCN3CCCCC3c3ccccc3)cc2)c(=O)c1Cl.Cl. The van der Waals surface area contributed by atoms with Crippen LogP contribution in [0.15, 0.2) is 59.4 Å². The number of nitrogens with one attached hydrogen (secondary N) is 1. The third-order valence-electron chi connectivity index (χ3n) is 5.99. The Morgan fingerprint density at radius 1 is 1.03 bits per heavy atom. The number of hydrogen-bond acceptors (Lipinski definition) is 2. The second-order valence-corrected chi connectivity index (χ2v) is 8.54. The highest BCUT2D eigenvalue weighted by atomic mass is 35.5. The van der Waals surface area contributed by atoms with E-state index in [9.17, 15) is 4.79 Å². The van der Waals surface area contributed by atoms with Crippen molar-refractivity contribution in [3.05, 3.63) is 92.4 Å². The number of aryl methyl sites for hydroxylation is 2. The van der Waals surface area contributed by atoms with Gasteiger partial charge in [0.25, 0.3) is 0 Å². The molecule has 1 atom stereocenters. The van der Waals surface area contributed by atoms with E-state index in [-0.39, 0.29) is 22.9 Å². The highest BCUT2D eigenvalue weighted by Crippen LogP contribution is 2.30. The van der Waals surface area contributed by atoms with Crippen molar-refractivity contribution in [2.24, 2.45) is 0 Å². The second kappa shape index (κ2) is 10.9. The highest BCUT2D eigenvalue weighted by molar-refractivity contribution is 6.31. The summed E-state index contributed by atoms with van der Waals surface area (Å²) < 4.78 is 0. The summed E-state index contributed by atoms with van der Waals surface area (Å²) in [6.07, 6.45) is 3.69. The Hall–Kier alpha value is -2.51. The maximum Gasteiger partial charge on any atom is 0.208 e. The van der Waals surface area contributed by atoms with E-state index < -0.39 is 0 Å². The van der Waals surface area contributed by atoms with Crippen LogP contribution >= 0.6 is 24.0 Å². The average molecular weight is 467 g/mol. The lowest BCUT2D eigenvalue weighted by Gasteiger charge is -2.34. The molecule has 1 aliphatic heterocycles. The zero-order valence-electron chi connectivity index (χ0n) is 18.5. The smallest absolute Gasteiger partial charge is 0.208 e. The first kappa shape index (κ1) is 24.1. The monoisotopic (exact) mass is 466 g/mol. The molecule has 0 radical (unpaired) electrons. The van der Waals surface area contributed by atoms with Crippen molar-refractivity contribution >= 4 is 24.0 Å². The van der Waals surface area contributed by atoms with Crippen LogP contribution in [-0.4, -0.2) is 23.0 Å². The minimum atomic E-state index is -0.133. The minimum Gasteiger partial charge on any atom is -0.361 e. The molecule has 1 unspecified atom stereocenters. The van der Waals surface area contributed by atoms with E-state index in [0.29, 0.717) is 17.3 Å². The molecule has 2 heterocycles. The molecule has 1 N–H and O–H groups in total. The number of piperidine rings is 1. The lowest BCUT2D eigenvalue weighted by molar-refractivity contribution is 0.169. The molecule has 0 aliphatic carbocycles. The van der Waals surface area contributed by atoms with Gasteiger partial charge in [-0.2, -0.15) is 0 Å². The Morgan fingerprint density at radius 2 is 1.75 bits per heavy atom. The number of rotatable bonds is 3. The molecule has 5 heteroatoms. The average Bonchev–Trinajstić information content (AvgIpc) is 2.79. The molecule has 0 bridgehead atoms. The van der Waals surface area contributed by atoms with Gasteiger partial charge >= 0.3 is 0 Å². The standard InChI is InChI=1S/C27H27ClN2O.ClH/c1-19-25(27(31)26(28)20(2)29-19)23-15-13-21(14-16-23)9-8-18-30-17-7-6-12-24(30)22-10-4-3-5-11-22;/h3-5,10-11,13-16,24H,6-7,12,17-18H2,1-2H3,(H,29,31);1H. The van der Waals surface area contributed by atoms with Crippen LogP contribution in [0, 0.1) is 25.7 Å². The third-order valence-corrected chi connectivity index (χ3v) is 6.45. The summed E-state index contributed by atoms with van der Waals surface area (Å²) in [6.45, 7) is 5.55. The zero-order chi connectivity index (χ0) is 21.8.